The van der Waals surface area contributed by atoms with E-state index in [1.54, 1.807) is 30.7 Å². The molecular weight excluding hydrogens is 398 g/mol. The molecule has 3 aromatic rings. The first-order chi connectivity index (χ1) is 14.1. The van der Waals surface area contributed by atoms with Gasteiger partial charge in [-0.15, -0.1) is 11.3 Å². The molecule has 1 amide bonds. The normalized spacial score (nSPS) is 14.5. The fraction of sp³-hybridized carbons (Fsp3) is 0.389. The van der Waals surface area contributed by atoms with Gasteiger partial charge in [0.15, 0.2) is 10.9 Å². The molecule has 0 atom stereocenters. The van der Waals surface area contributed by atoms with Gasteiger partial charge in [0.05, 0.1) is 37.4 Å². The molecule has 0 aromatic carbocycles. The number of furan rings is 1. The maximum absolute atomic E-state index is 12.2. The maximum Gasteiger partial charge on any atom is 0.311 e. The summed E-state index contributed by atoms with van der Waals surface area (Å²) in [4.78, 5) is 34.3. The molecule has 1 fully saturated rings. The molecule has 4 rings (SSSR count). The number of carbonyl (C=O) groups is 2. The standard InChI is InChI=1S/C18H19N5O5S/c1-2-26-15(25)6-12-10-29-18(19-12)20-14(24)9-23-7-11(8-23)17-21-16(22-28-17)13-4-3-5-27-13/h3-5,10-11H,2,6-9H2,1H3,(H,19,20,24). The first-order valence-corrected chi connectivity index (χ1v) is 9.98. The summed E-state index contributed by atoms with van der Waals surface area (Å²) in [5.74, 6) is 1.11. The van der Waals surface area contributed by atoms with E-state index in [4.69, 9.17) is 13.7 Å². The highest BCUT2D eigenvalue weighted by Crippen LogP contribution is 2.27. The third-order valence-electron chi connectivity index (χ3n) is 4.29. The molecule has 0 aliphatic carbocycles. The molecule has 29 heavy (non-hydrogen) atoms. The van der Waals surface area contributed by atoms with Crippen molar-refractivity contribution in [3.63, 3.8) is 0 Å². The number of hydrogen-bond acceptors (Lipinski definition) is 10. The maximum atomic E-state index is 12.2. The number of hydrogen-bond donors (Lipinski definition) is 1. The molecule has 0 radical (unpaired) electrons. The van der Waals surface area contributed by atoms with Crippen LogP contribution in [0.25, 0.3) is 11.6 Å². The quantitative estimate of drug-likeness (QED) is 0.547. The predicted molar refractivity (Wildman–Crippen MR) is 102 cm³/mol. The van der Waals surface area contributed by atoms with Crippen molar-refractivity contribution in [3.8, 4) is 11.6 Å². The smallest absolute Gasteiger partial charge is 0.311 e. The van der Waals surface area contributed by atoms with Crippen molar-refractivity contribution < 1.29 is 23.3 Å². The monoisotopic (exact) mass is 417 g/mol. The van der Waals surface area contributed by atoms with Gasteiger partial charge in [-0.3, -0.25) is 14.5 Å². The first kappa shape index (κ1) is 19.3. The van der Waals surface area contributed by atoms with Crippen molar-refractivity contribution >= 4 is 28.3 Å². The summed E-state index contributed by atoms with van der Waals surface area (Å²) in [6.07, 6.45) is 1.65. The molecule has 1 N–H and O–H groups in total. The van der Waals surface area contributed by atoms with Gasteiger partial charge in [0.1, 0.15) is 0 Å². The zero-order chi connectivity index (χ0) is 20.2. The highest BCUT2D eigenvalue weighted by Gasteiger charge is 2.34. The number of nitrogens with zero attached hydrogens (tertiary/aromatic N) is 4. The van der Waals surface area contributed by atoms with E-state index >= 15 is 0 Å². The number of ether oxygens (including phenoxy) is 1. The second kappa shape index (κ2) is 8.53. The Morgan fingerprint density at radius 2 is 2.24 bits per heavy atom. The summed E-state index contributed by atoms with van der Waals surface area (Å²) >= 11 is 1.28. The number of amides is 1. The summed E-state index contributed by atoms with van der Waals surface area (Å²) in [5.41, 5.74) is 0.580. The SMILES string of the molecule is CCOC(=O)Cc1csc(NC(=O)CN2CC(c3nc(-c4ccco4)no3)C2)n1. The summed E-state index contributed by atoms with van der Waals surface area (Å²) in [6, 6.07) is 3.53. The van der Waals surface area contributed by atoms with Crippen molar-refractivity contribution in [3.05, 3.63) is 35.4 Å². The molecular formula is C18H19N5O5S. The molecule has 1 aliphatic rings. The molecule has 1 aliphatic heterocycles. The van der Waals surface area contributed by atoms with Gasteiger partial charge >= 0.3 is 5.97 Å². The lowest BCUT2D eigenvalue weighted by atomic mass is 10.0. The van der Waals surface area contributed by atoms with Crippen molar-refractivity contribution in [1.82, 2.24) is 20.0 Å². The summed E-state index contributed by atoms with van der Waals surface area (Å²) < 4.78 is 15.4. The van der Waals surface area contributed by atoms with E-state index in [0.717, 1.165) is 0 Å². The predicted octanol–water partition coefficient (Wildman–Crippen LogP) is 1.93. The van der Waals surface area contributed by atoms with Gasteiger partial charge in [0.25, 0.3) is 0 Å². The minimum absolute atomic E-state index is 0.0926. The molecule has 1 saturated heterocycles. The largest absolute Gasteiger partial charge is 0.466 e. The van der Waals surface area contributed by atoms with Gasteiger partial charge in [-0.2, -0.15) is 4.98 Å². The highest BCUT2D eigenvalue weighted by molar-refractivity contribution is 7.13. The molecule has 0 bridgehead atoms. The summed E-state index contributed by atoms with van der Waals surface area (Å²) in [5, 5.41) is 8.87. The van der Waals surface area contributed by atoms with Gasteiger partial charge < -0.3 is 19.0 Å². The number of aromatic nitrogens is 3. The molecule has 3 aromatic heterocycles. The molecule has 4 heterocycles. The van der Waals surface area contributed by atoms with E-state index in [0.29, 0.717) is 48.0 Å². The number of esters is 1. The molecule has 0 saturated carbocycles. The Labute approximate surface area is 169 Å². The zero-order valence-electron chi connectivity index (χ0n) is 15.7. The van der Waals surface area contributed by atoms with Crippen LogP contribution in [0.15, 0.2) is 32.7 Å². The van der Waals surface area contributed by atoms with Crippen LogP contribution < -0.4 is 5.32 Å². The van der Waals surface area contributed by atoms with Crippen LogP contribution in [0.2, 0.25) is 0 Å². The van der Waals surface area contributed by atoms with E-state index in [1.165, 1.54) is 11.3 Å². The van der Waals surface area contributed by atoms with E-state index in [9.17, 15) is 9.59 Å². The highest BCUT2D eigenvalue weighted by atomic mass is 32.1. The lowest BCUT2D eigenvalue weighted by Crippen LogP contribution is -2.48. The fourth-order valence-corrected chi connectivity index (χ4v) is 3.66. The Kier molecular flexibility index (Phi) is 5.67. The van der Waals surface area contributed by atoms with E-state index in [-0.39, 0.29) is 30.8 Å². The molecule has 11 heteroatoms. The van der Waals surface area contributed by atoms with Gasteiger partial charge in [0.2, 0.25) is 17.6 Å². The summed E-state index contributed by atoms with van der Waals surface area (Å²) in [7, 11) is 0. The molecule has 152 valence electrons. The Balaban J connectivity index is 1.22. The van der Waals surface area contributed by atoms with Gasteiger partial charge in [-0.25, -0.2) is 4.98 Å². The van der Waals surface area contributed by atoms with E-state index < -0.39 is 0 Å². The number of anilines is 1. The van der Waals surface area contributed by atoms with E-state index in [2.05, 4.69) is 20.4 Å². The van der Waals surface area contributed by atoms with Crippen LogP contribution in [0.5, 0.6) is 0 Å². The van der Waals surface area contributed by atoms with Gasteiger partial charge in [0, 0.05) is 18.5 Å². The Morgan fingerprint density at radius 1 is 1.38 bits per heavy atom. The number of carbonyl (C=O) groups excluding carboxylic acids is 2. The van der Waals surface area contributed by atoms with Crippen molar-refractivity contribution in [2.24, 2.45) is 0 Å². The zero-order valence-corrected chi connectivity index (χ0v) is 16.5. The van der Waals surface area contributed by atoms with Crippen LogP contribution in [-0.4, -0.2) is 58.1 Å². The van der Waals surface area contributed by atoms with Crippen molar-refractivity contribution in [2.75, 3.05) is 31.6 Å². The van der Waals surface area contributed by atoms with Gasteiger partial charge in [-0.05, 0) is 19.1 Å². The number of likely N-dealkylation sites (tertiary alicyclic amines) is 1. The average Bonchev–Trinajstić information content (AvgIpc) is 3.39. The second-order valence-electron chi connectivity index (χ2n) is 6.50. The fourth-order valence-electron chi connectivity index (χ4n) is 2.93. The van der Waals surface area contributed by atoms with Gasteiger partial charge in [-0.1, -0.05) is 5.16 Å². The number of thiazole rings is 1. The molecule has 0 unspecified atom stereocenters. The Bertz CT molecular complexity index is 977. The van der Waals surface area contributed by atoms with Crippen LogP contribution in [0.3, 0.4) is 0 Å². The third kappa shape index (κ3) is 4.69. The van der Waals surface area contributed by atoms with Crippen LogP contribution in [0, 0.1) is 0 Å². The lowest BCUT2D eigenvalue weighted by molar-refractivity contribution is -0.142. The topological polar surface area (TPSA) is 124 Å². The van der Waals surface area contributed by atoms with Crippen LogP contribution >= 0.6 is 11.3 Å². The Morgan fingerprint density at radius 3 is 3.00 bits per heavy atom. The average molecular weight is 417 g/mol. The second-order valence-corrected chi connectivity index (χ2v) is 7.36. The minimum atomic E-state index is -0.335. The lowest BCUT2D eigenvalue weighted by Gasteiger charge is -2.36. The van der Waals surface area contributed by atoms with Crippen LogP contribution in [0.4, 0.5) is 5.13 Å². The van der Waals surface area contributed by atoms with Crippen molar-refractivity contribution in [1.29, 1.82) is 0 Å². The third-order valence-corrected chi connectivity index (χ3v) is 5.09. The Hall–Kier alpha value is -3.05. The van der Waals surface area contributed by atoms with Crippen molar-refractivity contribution in [2.45, 2.75) is 19.3 Å². The molecule has 10 nitrogen and oxygen atoms in total. The van der Waals surface area contributed by atoms with E-state index in [1.807, 2.05) is 4.90 Å². The number of nitrogens with one attached hydrogen (secondary N) is 1. The number of rotatable bonds is 8. The summed E-state index contributed by atoms with van der Waals surface area (Å²) in [6.45, 7) is 3.62. The first-order valence-electron chi connectivity index (χ1n) is 9.10. The van der Waals surface area contributed by atoms with Crippen LogP contribution in [-0.2, 0) is 20.7 Å². The molecule has 0 spiro atoms. The minimum Gasteiger partial charge on any atom is -0.466 e. The van der Waals surface area contributed by atoms with Crippen LogP contribution in [0.1, 0.15) is 24.4 Å².